The number of carbonyl (C=O) groups excluding carboxylic acids is 2. The zero-order chi connectivity index (χ0) is 21.6. The second-order valence-electron chi connectivity index (χ2n) is 7.14. The summed E-state index contributed by atoms with van der Waals surface area (Å²) >= 11 is 0. The third-order valence-corrected chi connectivity index (χ3v) is 4.86. The molecule has 0 aliphatic carbocycles. The molecule has 1 amide bonds. The Kier molecular flexibility index (Phi) is 6.79. The molecule has 2 unspecified atom stereocenters. The standard InChI is InChI=1S/C22H25N3O5/c1-15-8-7-11-17(23-15)20(26)24-19(14-28-2)18-13-22(30-25-18,21(27)29-3)12-16-9-5-4-6-10-16/h4-11,19H,12-14H2,1-3H3,(H,24,26). The summed E-state index contributed by atoms with van der Waals surface area (Å²) in [6, 6.07) is 14.1. The molecule has 8 heteroatoms. The smallest absolute Gasteiger partial charge is 0.353 e. The number of nitrogens with one attached hydrogen (secondary N) is 1. The number of esters is 1. The zero-order valence-corrected chi connectivity index (χ0v) is 17.3. The molecule has 0 fully saturated rings. The number of hydrogen-bond acceptors (Lipinski definition) is 7. The van der Waals surface area contributed by atoms with Crippen molar-refractivity contribution < 1.29 is 23.9 Å². The van der Waals surface area contributed by atoms with Crippen molar-refractivity contribution in [1.29, 1.82) is 0 Å². The number of aromatic nitrogens is 1. The Morgan fingerprint density at radius 3 is 2.60 bits per heavy atom. The number of hydrogen-bond donors (Lipinski definition) is 1. The van der Waals surface area contributed by atoms with Gasteiger partial charge in [0.2, 0.25) is 5.60 Å². The van der Waals surface area contributed by atoms with Gasteiger partial charge < -0.3 is 19.6 Å². The number of amides is 1. The van der Waals surface area contributed by atoms with E-state index in [0.717, 1.165) is 11.3 Å². The molecule has 1 N–H and O–H groups in total. The minimum absolute atomic E-state index is 0.169. The normalized spacial score (nSPS) is 18.8. The Hall–Kier alpha value is -3.26. The first kappa shape index (κ1) is 21.4. The van der Waals surface area contributed by atoms with Crippen LogP contribution in [0, 0.1) is 6.92 Å². The first-order valence-corrected chi connectivity index (χ1v) is 9.58. The lowest BCUT2D eigenvalue weighted by Crippen LogP contribution is -2.47. The first-order chi connectivity index (χ1) is 14.5. The van der Waals surface area contributed by atoms with Crippen LogP contribution in [0.5, 0.6) is 0 Å². The number of nitrogens with zero attached hydrogens (tertiary/aromatic N) is 2. The number of pyridine rings is 1. The van der Waals surface area contributed by atoms with Gasteiger partial charge >= 0.3 is 5.97 Å². The van der Waals surface area contributed by atoms with Gasteiger partial charge in [-0.3, -0.25) is 4.79 Å². The monoisotopic (exact) mass is 411 g/mol. The highest BCUT2D eigenvalue weighted by Crippen LogP contribution is 2.31. The van der Waals surface area contributed by atoms with Gasteiger partial charge in [-0.25, -0.2) is 9.78 Å². The van der Waals surface area contributed by atoms with Crippen LogP contribution in [0.3, 0.4) is 0 Å². The summed E-state index contributed by atoms with van der Waals surface area (Å²) in [5, 5.41) is 7.01. The van der Waals surface area contributed by atoms with E-state index in [-0.39, 0.29) is 18.9 Å². The van der Waals surface area contributed by atoms with Crippen LogP contribution in [0.4, 0.5) is 0 Å². The van der Waals surface area contributed by atoms with Gasteiger partial charge in [-0.2, -0.15) is 0 Å². The van der Waals surface area contributed by atoms with E-state index in [4.69, 9.17) is 14.3 Å². The lowest BCUT2D eigenvalue weighted by Gasteiger charge is -2.24. The molecule has 2 heterocycles. The molecular weight excluding hydrogens is 386 g/mol. The van der Waals surface area contributed by atoms with Crippen molar-refractivity contribution in [3.63, 3.8) is 0 Å². The number of oxime groups is 1. The summed E-state index contributed by atoms with van der Waals surface area (Å²) < 4.78 is 10.3. The van der Waals surface area contributed by atoms with Gasteiger partial charge in [0.1, 0.15) is 5.69 Å². The molecule has 0 spiro atoms. The predicted molar refractivity (Wildman–Crippen MR) is 110 cm³/mol. The third-order valence-electron chi connectivity index (χ3n) is 4.86. The molecule has 30 heavy (non-hydrogen) atoms. The fourth-order valence-corrected chi connectivity index (χ4v) is 3.37. The van der Waals surface area contributed by atoms with Crippen molar-refractivity contribution in [3.8, 4) is 0 Å². The van der Waals surface area contributed by atoms with Crippen LogP contribution in [-0.2, 0) is 25.5 Å². The fraction of sp³-hybridized carbons (Fsp3) is 0.364. The molecule has 1 aliphatic heterocycles. The molecule has 3 rings (SSSR count). The summed E-state index contributed by atoms with van der Waals surface area (Å²) in [6.45, 7) is 1.98. The lowest BCUT2D eigenvalue weighted by molar-refractivity contribution is -0.166. The average Bonchev–Trinajstić information content (AvgIpc) is 3.18. The van der Waals surface area contributed by atoms with Crippen LogP contribution in [0.15, 0.2) is 53.7 Å². The summed E-state index contributed by atoms with van der Waals surface area (Å²) in [6.07, 6.45) is 0.463. The Morgan fingerprint density at radius 1 is 1.17 bits per heavy atom. The second-order valence-corrected chi connectivity index (χ2v) is 7.14. The summed E-state index contributed by atoms with van der Waals surface area (Å²) in [7, 11) is 2.84. The largest absolute Gasteiger partial charge is 0.466 e. The average molecular weight is 411 g/mol. The van der Waals surface area contributed by atoms with E-state index in [2.05, 4.69) is 15.5 Å². The third kappa shape index (κ3) is 4.83. The molecule has 1 aromatic heterocycles. The van der Waals surface area contributed by atoms with Gasteiger partial charge in [0, 0.05) is 25.6 Å². The topological polar surface area (TPSA) is 99.1 Å². The van der Waals surface area contributed by atoms with E-state index in [1.165, 1.54) is 14.2 Å². The molecule has 1 aliphatic rings. The molecule has 2 atom stereocenters. The Bertz CT molecular complexity index is 931. The van der Waals surface area contributed by atoms with Crippen molar-refractivity contribution >= 4 is 17.6 Å². The highest BCUT2D eigenvalue weighted by molar-refractivity contribution is 6.01. The number of rotatable bonds is 8. The van der Waals surface area contributed by atoms with E-state index in [1.807, 2.05) is 43.3 Å². The van der Waals surface area contributed by atoms with E-state index in [0.29, 0.717) is 17.8 Å². The quantitative estimate of drug-likeness (QED) is 0.668. The highest BCUT2D eigenvalue weighted by atomic mass is 16.7. The van der Waals surface area contributed by atoms with Gasteiger partial charge in [-0.05, 0) is 24.6 Å². The van der Waals surface area contributed by atoms with Crippen molar-refractivity contribution in [1.82, 2.24) is 10.3 Å². The maximum Gasteiger partial charge on any atom is 0.353 e. The molecule has 8 nitrogen and oxygen atoms in total. The Balaban J connectivity index is 1.78. The maximum absolute atomic E-state index is 12.7. The van der Waals surface area contributed by atoms with Crippen molar-refractivity contribution in [3.05, 3.63) is 65.5 Å². The summed E-state index contributed by atoms with van der Waals surface area (Å²) in [4.78, 5) is 35.1. The molecule has 158 valence electrons. The van der Waals surface area contributed by atoms with Crippen LogP contribution in [0.2, 0.25) is 0 Å². The van der Waals surface area contributed by atoms with E-state index < -0.39 is 17.6 Å². The zero-order valence-electron chi connectivity index (χ0n) is 17.3. The van der Waals surface area contributed by atoms with Gasteiger partial charge in [0.05, 0.1) is 25.5 Å². The number of ether oxygens (including phenoxy) is 2. The minimum Gasteiger partial charge on any atom is -0.466 e. The fourth-order valence-electron chi connectivity index (χ4n) is 3.37. The van der Waals surface area contributed by atoms with Crippen molar-refractivity contribution in [2.24, 2.45) is 5.16 Å². The minimum atomic E-state index is -1.29. The van der Waals surface area contributed by atoms with Crippen LogP contribution in [0.25, 0.3) is 0 Å². The maximum atomic E-state index is 12.7. The summed E-state index contributed by atoms with van der Waals surface area (Å²) in [5.41, 5.74) is 1.15. The van der Waals surface area contributed by atoms with Crippen LogP contribution < -0.4 is 5.32 Å². The lowest BCUT2D eigenvalue weighted by atomic mass is 9.88. The number of aryl methyl sites for hydroxylation is 1. The number of carbonyl (C=O) groups is 2. The first-order valence-electron chi connectivity index (χ1n) is 9.58. The van der Waals surface area contributed by atoms with Gasteiger partial charge in [-0.1, -0.05) is 41.6 Å². The van der Waals surface area contributed by atoms with Crippen molar-refractivity contribution in [2.75, 3.05) is 20.8 Å². The second kappa shape index (κ2) is 9.49. The van der Waals surface area contributed by atoms with Crippen LogP contribution in [-0.4, -0.2) is 55.0 Å². The molecule has 0 radical (unpaired) electrons. The molecule has 0 bridgehead atoms. The van der Waals surface area contributed by atoms with Crippen molar-refractivity contribution in [2.45, 2.75) is 31.4 Å². The SMILES string of the molecule is COCC(NC(=O)c1cccc(C)n1)C1=NOC(Cc2ccccc2)(C(=O)OC)C1. The Labute approximate surface area is 175 Å². The summed E-state index contributed by atoms with van der Waals surface area (Å²) in [5.74, 6) is -0.880. The molecular formula is C22H25N3O5. The van der Waals surface area contributed by atoms with Crippen LogP contribution in [0.1, 0.15) is 28.2 Å². The predicted octanol–water partition coefficient (Wildman–Crippen LogP) is 2.07. The van der Waals surface area contributed by atoms with Gasteiger partial charge in [-0.15, -0.1) is 0 Å². The molecule has 2 aromatic rings. The van der Waals surface area contributed by atoms with E-state index >= 15 is 0 Å². The van der Waals surface area contributed by atoms with Gasteiger partial charge in [0.25, 0.3) is 5.91 Å². The highest BCUT2D eigenvalue weighted by Gasteiger charge is 2.49. The molecule has 1 aromatic carbocycles. The van der Waals surface area contributed by atoms with E-state index in [9.17, 15) is 9.59 Å². The number of benzene rings is 1. The van der Waals surface area contributed by atoms with Gasteiger partial charge in [0.15, 0.2) is 0 Å². The van der Waals surface area contributed by atoms with E-state index in [1.54, 1.807) is 12.1 Å². The Morgan fingerprint density at radius 2 is 1.93 bits per heavy atom. The number of methoxy groups -OCH3 is 2. The molecule has 0 saturated carbocycles. The molecule has 0 saturated heterocycles. The van der Waals surface area contributed by atoms with Crippen LogP contribution >= 0.6 is 0 Å².